The Morgan fingerprint density at radius 3 is 1.38 bits per heavy atom. The minimum Gasteiger partial charge on any atom is -0.479 e. The van der Waals surface area contributed by atoms with Crippen molar-refractivity contribution in [2.75, 3.05) is 67.6 Å². The van der Waals surface area contributed by atoms with E-state index in [-0.39, 0.29) is 60.6 Å². The second-order valence-corrected chi connectivity index (χ2v) is 18.8. The van der Waals surface area contributed by atoms with Crippen molar-refractivity contribution >= 4 is 58.5 Å². The Labute approximate surface area is 458 Å². The Morgan fingerprint density at radius 1 is 0.628 bits per heavy atom. The molecule has 8 N–H and O–H groups in total. The molecule has 2 amide bonds. The third-order valence-electron chi connectivity index (χ3n) is 10.9. The number of hydrazine groups is 2. The molecule has 21 nitrogen and oxygen atoms in total. The Morgan fingerprint density at radius 2 is 1.04 bits per heavy atom. The number of aliphatic hydroxyl groups excluding tert-OH is 3. The van der Waals surface area contributed by atoms with Crippen LogP contribution in [0.2, 0.25) is 10.0 Å². The van der Waals surface area contributed by atoms with Gasteiger partial charge in [0.1, 0.15) is 41.0 Å². The van der Waals surface area contributed by atoms with Gasteiger partial charge in [-0.15, -0.1) is 0 Å². The van der Waals surface area contributed by atoms with Crippen LogP contribution in [0.4, 0.5) is 8.78 Å². The minimum atomic E-state index is -1.76. The molecule has 2 aromatic heterocycles. The van der Waals surface area contributed by atoms with Gasteiger partial charge in [0.2, 0.25) is 0 Å². The molecule has 78 heavy (non-hydrogen) atoms. The summed E-state index contributed by atoms with van der Waals surface area (Å²) in [5, 5.41) is 53.3. The molecule has 0 saturated heterocycles. The van der Waals surface area contributed by atoms with Crippen molar-refractivity contribution in [3.63, 3.8) is 0 Å². The lowest BCUT2D eigenvalue weighted by atomic mass is 10.0. The van der Waals surface area contributed by atoms with E-state index in [2.05, 4.69) is 36.1 Å². The first-order chi connectivity index (χ1) is 36.9. The topological polar surface area (TPSA) is 287 Å². The van der Waals surface area contributed by atoms with Crippen LogP contribution in [-0.4, -0.2) is 176 Å². The Hall–Kier alpha value is -7.32. The fourth-order valence-corrected chi connectivity index (χ4v) is 7.13. The number of likely N-dealkylation sites (N-methyl/N-ethyl adjacent to an activating group) is 1. The molecule has 0 radical (unpaired) electrons. The number of Topliss-reactive ketones (excluding diaryl/α,β-unsaturated/α-hetero) is 2. The van der Waals surface area contributed by atoms with E-state index >= 15 is 0 Å². The number of hydrogen-bond donors (Lipinski definition) is 8. The lowest BCUT2D eigenvalue weighted by Gasteiger charge is -2.25. The van der Waals surface area contributed by atoms with Gasteiger partial charge in [0.15, 0.2) is 23.8 Å². The number of amides is 2. The fourth-order valence-electron chi connectivity index (χ4n) is 6.78. The summed E-state index contributed by atoms with van der Waals surface area (Å²) in [6, 6.07) is 24.6. The van der Waals surface area contributed by atoms with E-state index in [9.17, 15) is 47.8 Å². The molecule has 0 saturated carbocycles. The minimum absolute atomic E-state index is 0.0122. The molecule has 4 aromatic carbocycles. The SMILES string of the molecule is CC(=O)c1cc(C(=O)NN(Cc2ccc(-c3cc(Cl)ccc3F)cc2)C[C@@H](O)C(=O)O)[nH]n1.CC(=O)c1cc(C(=O)NN(Cc2ccc(-c3cc(Cl)ccc3F)cc2)C[C@@H](O)C(=O)OCCN(C)C)[nH]n1.CN(C)CCCO. The monoisotopic (exact) mass is 1120 g/mol. The van der Waals surface area contributed by atoms with Gasteiger partial charge >= 0.3 is 11.9 Å². The Bertz CT molecular complexity index is 2960. The van der Waals surface area contributed by atoms with Crippen LogP contribution in [0.25, 0.3) is 22.3 Å². The number of nitrogens with one attached hydrogen (secondary N) is 4. The molecular weight excluding hydrogens is 1060 g/mol. The number of hydrogen-bond acceptors (Lipinski definition) is 16. The summed E-state index contributed by atoms with van der Waals surface area (Å²) in [5.74, 6) is -5.10. The van der Waals surface area contributed by atoms with Crippen molar-refractivity contribution in [3.05, 3.63) is 153 Å². The van der Waals surface area contributed by atoms with E-state index in [1.54, 1.807) is 48.5 Å². The van der Waals surface area contributed by atoms with E-state index in [0.717, 1.165) is 13.0 Å². The van der Waals surface area contributed by atoms with Gasteiger partial charge in [-0.05, 0) is 112 Å². The largest absolute Gasteiger partial charge is 0.479 e. The maximum atomic E-state index is 14.3. The molecule has 6 rings (SSSR count). The molecule has 0 aliphatic heterocycles. The number of carboxylic acid groups (broad SMARTS) is 1. The maximum Gasteiger partial charge on any atom is 0.336 e. The van der Waals surface area contributed by atoms with Crippen molar-refractivity contribution in [2.24, 2.45) is 0 Å². The van der Waals surface area contributed by atoms with Gasteiger partial charge in [0.05, 0.1) is 13.1 Å². The maximum absolute atomic E-state index is 14.3. The zero-order valence-electron chi connectivity index (χ0n) is 43.6. The van der Waals surface area contributed by atoms with E-state index in [0.29, 0.717) is 56.6 Å². The molecule has 0 unspecified atom stereocenters. The van der Waals surface area contributed by atoms with Crippen LogP contribution >= 0.6 is 23.2 Å². The number of aromatic nitrogens is 4. The smallest absolute Gasteiger partial charge is 0.336 e. The molecule has 0 aliphatic carbocycles. The number of ketones is 2. The highest BCUT2D eigenvalue weighted by Gasteiger charge is 2.25. The third kappa shape index (κ3) is 20.9. The second kappa shape index (κ2) is 31.2. The van der Waals surface area contributed by atoms with Gasteiger partial charge in [-0.3, -0.25) is 40.2 Å². The quantitative estimate of drug-likeness (QED) is 0.0217. The number of H-pyrrole nitrogens is 2. The van der Waals surface area contributed by atoms with Crippen LogP contribution < -0.4 is 10.9 Å². The highest BCUT2D eigenvalue weighted by atomic mass is 35.5. The van der Waals surface area contributed by atoms with Gasteiger partial charge < -0.3 is 35.0 Å². The number of aliphatic hydroxyl groups is 3. The third-order valence-corrected chi connectivity index (χ3v) is 11.4. The molecule has 6 aromatic rings. The number of aliphatic carboxylic acids is 1. The van der Waals surface area contributed by atoms with Gasteiger partial charge in [-0.1, -0.05) is 71.7 Å². The zero-order valence-corrected chi connectivity index (χ0v) is 45.1. The fraction of sp³-hybridized carbons (Fsp3) is 0.321. The van der Waals surface area contributed by atoms with Crippen LogP contribution in [-0.2, 0) is 27.4 Å². The summed E-state index contributed by atoms with van der Waals surface area (Å²) in [4.78, 5) is 75.5. The number of ether oxygens (including phenoxy) is 1. The molecule has 0 spiro atoms. The van der Waals surface area contributed by atoms with Crippen LogP contribution in [0.5, 0.6) is 0 Å². The lowest BCUT2D eigenvalue weighted by molar-refractivity contribution is -0.155. The number of carbonyl (C=O) groups excluding carboxylic acids is 5. The van der Waals surface area contributed by atoms with Crippen molar-refractivity contribution in [3.8, 4) is 22.3 Å². The number of rotatable bonds is 24. The summed E-state index contributed by atoms with van der Waals surface area (Å²) >= 11 is 12.0. The van der Waals surface area contributed by atoms with Crippen LogP contribution in [0.3, 0.4) is 0 Å². The molecule has 2 atom stereocenters. The van der Waals surface area contributed by atoms with Gasteiger partial charge in [0.25, 0.3) is 11.8 Å². The summed E-state index contributed by atoms with van der Waals surface area (Å²) in [7, 11) is 7.63. The summed E-state index contributed by atoms with van der Waals surface area (Å²) in [6.07, 6.45) is -2.43. The van der Waals surface area contributed by atoms with Crippen molar-refractivity contribution in [1.82, 2.24) is 51.1 Å². The molecule has 418 valence electrons. The van der Waals surface area contributed by atoms with Crippen LogP contribution in [0, 0.1) is 11.6 Å². The average Bonchev–Trinajstić information content (AvgIpc) is 4.12. The van der Waals surface area contributed by atoms with Crippen molar-refractivity contribution in [1.29, 1.82) is 0 Å². The normalized spacial score (nSPS) is 11.8. The van der Waals surface area contributed by atoms with E-state index in [4.69, 9.17) is 38.2 Å². The first-order valence-corrected chi connectivity index (χ1v) is 24.7. The number of nitrogens with zero attached hydrogens (tertiary/aromatic N) is 6. The summed E-state index contributed by atoms with van der Waals surface area (Å²) in [6.45, 7) is 3.89. The van der Waals surface area contributed by atoms with Crippen molar-refractivity contribution in [2.45, 2.75) is 45.6 Å². The number of aromatic amines is 2. The number of carbonyl (C=O) groups is 6. The molecule has 2 heterocycles. The van der Waals surface area contributed by atoms with E-state index in [1.165, 1.54) is 72.4 Å². The lowest BCUT2D eigenvalue weighted by Crippen LogP contribution is -2.47. The van der Waals surface area contributed by atoms with E-state index < -0.39 is 54.1 Å². The molecule has 0 bridgehead atoms. The molecule has 0 aliphatic rings. The average molecular weight is 1120 g/mol. The first-order valence-electron chi connectivity index (χ1n) is 23.9. The Balaban J connectivity index is 0.000000302. The summed E-state index contributed by atoms with van der Waals surface area (Å²) < 4.78 is 33.5. The predicted octanol–water partition coefficient (Wildman–Crippen LogP) is 5.28. The standard InChI is InChI=1S/C26H29ClFN5O5.C22H20ClFN4O5.C5H13NO/c1-16(34)22-13-23(30-29-22)25(36)31-33(15-24(35)26(37)38-11-10-32(2)3)14-17-4-6-18(7-5-17)20-12-19(27)8-9-21(20)28;1-12(29)18-9-19(26-25-18)21(31)27-28(11-20(30)22(32)33)10-13-2-4-14(5-3-13)16-8-15(23)6-7-17(16)24;1-6(2)4-3-5-7/h4-9,12-13,24,35H,10-11,14-15H2,1-3H3,(H,29,30)(H,31,36);2-9,20,30H,10-11H2,1H3,(H,25,26)(H,27,31)(H,32,33);7H,3-5H2,1-2H3/t24-;20-;/m11./s1. The molecule has 25 heteroatoms. The van der Waals surface area contributed by atoms with Gasteiger partial charge in [-0.2, -0.15) is 10.2 Å². The van der Waals surface area contributed by atoms with E-state index in [1.807, 2.05) is 33.1 Å². The number of carboxylic acids is 1. The van der Waals surface area contributed by atoms with Gasteiger partial charge in [-0.25, -0.2) is 28.4 Å². The number of benzene rings is 4. The van der Waals surface area contributed by atoms with Crippen LogP contribution in [0.1, 0.15) is 73.3 Å². The number of halogens is 4. The molecular formula is C53H62Cl2F2N10O11. The molecule has 0 fully saturated rings. The number of esters is 1. The summed E-state index contributed by atoms with van der Waals surface area (Å²) in [5.41, 5.74) is 8.46. The highest BCUT2D eigenvalue weighted by Crippen LogP contribution is 2.28. The second-order valence-electron chi connectivity index (χ2n) is 18.0. The highest BCUT2D eigenvalue weighted by molar-refractivity contribution is 6.31. The first kappa shape index (κ1) is 63.2. The van der Waals surface area contributed by atoms with Gasteiger partial charge in [0, 0.05) is 61.3 Å². The van der Waals surface area contributed by atoms with Crippen LogP contribution in [0.15, 0.2) is 97.1 Å². The zero-order chi connectivity index (χ0) is 57.6. The Kier molecular flexibility index (Phi) is 25.3. The van der Waals surface area contributed by atoms with Crippen molar-refractivity contribution < 1.29 is 62.7 Å². The predicted molar refractivity (Wildman–Crippen MR) is 286 cm³/mol.